The van der Waals surface area contributed by atoms with Crippen LogP contribution in [-0.4, -0.2) is 64.9 Å². The van der Waals surface area contributed by atoms with Crippen molar-refractivity contribution in [3.05, 3.63) is 24.3 Å². The lowest BCUT2D eigenvalue weighted by atomic mass is 9.97. The van der Waals surface area contributed by atoms with Crippen LogP contribution in [0, 0.1) is 5.92 Å². The van der Waals surface area contributed by atoms with Crippen LogP contribution in [0.4, 0.5) is 0 Å². The van der Waals surface area contributed by atoms with Crippen molar-refractivity contribution in [1.29, 1.82) is 0 Å². The summed E-state index contributed by atoms with van der Waals surface area (Å²) < 4.78 is 10.8. The fraction of sp³-hybridized carbons (Fsp3) is 0.611. The molecule has 1 heterocycles. The Balaban J connectivity index is 1.60. The molecule has 0 bridgehead atoms. The molecule has 0 aromatic heterocycles. The number of hydrogen-bond acceptors (Lipinski definition) is 4. The number of guanidine groups is 1. The summed E-state index contributed by atoms with van der Waals surface area (Å²) in [6, 6.07) is 7.60. The minimum absolute atomic E-state index is 0.585. The van der Waals surface area contributed by atoms with Crippen molar-refractivity contribution in [3.63, 3.8) is 0 Å². The van der Waals surface area contributed by atoms with E-state index in [-0.39, 0.29) is 0 Å². The predicted octanol–water partition coefficient (Wildman–Crippen LogP) is 1.58. The highest BCUT2D eigenvalue weighted by molar-refractivity contribution is 5.79. The highest BCUT2D eigenvalue weighted by atomic mass is 16.5. The maximum Gasteiger partial charge on any atom is 0.191 e. The van der Waals surface area contributed by atoms with E-state index >= 15 is 0 Å². The third kappa shape index (κ3) is 6.28. The zero-order chi connectivity index (χ0) is 17.2. The molecule has 6 heteroatoms. The standard InChI is InChI=1S/C18H30N4O2/c1-19-18(21-14-15-8-11-22(2)12-9-15)20-10-13-24-17-6-4-16(23-3)5-7-17/h4-7,15H,8-14H2,1-3H3,(H2,19,20,21). The third-order valence-corrected chi connectivity index (χ3v) is 4.34. The summed E-state index contributed by atoms with van der Waals surface area (Å²) in [5.74, 6) is 3.24. The van der Waals surface area contributed by atoms with Gasteiger partial charge in [-0.2, -0.15) is 0 Å². The Kier molecular flexibility index (Phi) is 7.68. The van der Waals surface area contributed by atoms with Crippen molar-refractivity contribution < 1.29 is 9.47 Å². The van der Waals surface area contributed by atoms with Crippen molar-refractivity contribution in [3.8, 4) is 11.5 Å². The molecule has 0 saturated carbocycles. The molecule has 24 heavy (non-hydrogen) atoms. The number of likely N-dealkylation sites (tertiary alicyclic amines) is 1. The second kappa shape index (κ2) is 10.0. The van der Waals surface area contributed by atoms with Gasteiger partial charge in [0.25, 0.3) is 0 Å². The summed E-state index contributed by atoms with van der Waals surface area (Å²) in [4.78, 5) is 6.66. The minimum atomic E-state index is 0.585. The second-order valence-corrected chi connectivity index (χ2v) is 6.15. The largest absolute Gasteiger partial charge is 0.497 e. The van der Waals surface area contributed by atoms with Crippen molar-refractivity contribution in [2.45, 2.75) is 12.8 Å². The molecule has 0 aliphatic carbocycles. The highest BCUT2D eigenvalue weighted by Crippen LogP contribution is 2.16. The zero-order valence-electron chi connectivity index (χ0n) is 15.0. The lowest BCUT2D eigenvalue weighted by molar-refractivity contribution is 0.220. The summed E-state index contributed by atoms with van der Waals surface area (Å²) in [6.07, 6.45) is 2.50. The van der Waals surface area contributed by atoms with E-state index < -0.39 is 0 Å². The molecule has 1 aliphatic rings. The smallest absolute Gasteiger partial charge is 0.191 e. The maximum absolute atomic E-state index is 5.70. The number of piperidine rings is 1. The molecule has 134 valence electrons. The molecule has 1 aromatic rings. The van der Waals surface area contributed by atoms with Gasteiger partial charge in [-0.3, -0.25) is 4.99 Å². The first-order chi connectivity index (χ1) is 11.7. The topological polar surface area (TPSA) is 58.1 Å². The Hall–Kier alpha value is -1.95. The number of hydrogen-bond donors (Lipinski definition) is 2. The Labute approximate surface area is 145 Å². The predicted molar refractivity (Wildman–Crippen MR) is 98.1 cm³/mol. The summed E-state index contributed by atoms with van der Waals surface area (Å²) >= 11 is 0. The summed E-state index contributed by atoms with van der Waals surface area (Å²) in [6.45, 7) is 4.65. The quantitative estimate of drug-likeness (QED) is 0.450. The number of benzene rings is 1. The first-order valence-corrected chi connectivity index (χ1v) is 8.61. The van der Waals surface area contributed by atoms with Gasteiger partial charge >= 0.3 is 0 Å². The van der Waals surface area contributed by atoms with E-state index in [1.807, 2.05) is 24.3 Å². The van der Waals surface area contributed by atoms with Crippen LogP contribution in [0.1, 0.15) is 12.8 Å². The van der Waals surface area contributed by atoms with Gasteiger partial charge in [-0.25, -0.2) is 0 Å². The van der Waals surface area contributed by atoms with E-state index in [4.69, 9.17) is 9.47 Å². The van der Waals surface area contributed by atoms with Crippen molar-refractivity contribution in [1.82, 2.24) is 15.5 Å². The van der Waals surface area contributed by atoms with Gasteiger partial charge in [0, 0.05) is 13.6 Å². The Morgan fingerprint density at radius 3 is 2.46 bits per heavy atom. The number of ether oxygens (including phenoxy) is 2. The Bertz CT molecular complexity index is 496. The van der Waals surface area contributed by atoms with Crippen LogP contribution < -0.4 is 20.1 Å². The summed E-state index contributed by atoms with van der Waals surface area (Å²) in [5.41, 5.74) is 0. The minimum Gasteiger partial charge on any atom is -0.497 e. The SMILES string of the molecule is CN=C(NCCOc1ccc(OC)cc1)NCC1CCN(C)CC1. The molecule has 1 fully saturated rings. The molecule has 1 aromatic carbocycles. The number of nitrogens with one attached hydrogen (secondary N) is 2. The molecule has 0 spiro atoms. The third-order valence-electron chi connectivity index (χ3n) is 4.34. The number of aliphatic imine (C=N–C) groups is 1. The van der Waals surface area contributed by atoms with E-state index in [1.54, 1.807) is 14.2 Å². The normalized spacial score (nSPS) is 16.7. The molecule has 0 radical (unpaired) electrons. The molecular weight excluding hydrogens is 304 g/mol. The second-order valence-electron chi connectivity index (χ2n) is 6.15. The lowest BCUT2D eigenvalue weighted by Crippen LogP contribution is -2.43. The van der Waals surface area contributed by atoms with Crippen molar-refractivity contribution >= 4 is 5.96 Å². The molecule has 1 saturated heterocycles. The van der Waals surface area contributed by atoms with Gasteiger partial charge in [-0.15, -0.1) is 0 Å². The number of nitrogens with zero attached hydrogens (tertiary/aromatic N) is 2. The molecule has 0 atom stereocenters. The van der Waals surface area contributed by atoms with E-state index in [9.17, 15) is 0 Å². The molecule has 2 N–H and O–H groups in total. The lowest BCUT2D eigenvalue weighted by Gasteiger charge is -2.29. The van der Waals surface area contributed by atoms with Gasteiger partial charge in [-0.1, -0.05) is 0 Å². The van der Waals surface area contributed by atoms with Crippen molar-refractivity contribution in [2.75, 3.05) is 54.0 Å². The average molecular weight is 334 g/mol. The van der Waals surface area contributed by atoms with Crippen LogP contribution in [0.5, 0.6) is 11.5 Å². The van der Waals surface area contributed by atoms with Crippen LogP contribution in [0.2, 0.25) is 0 Å². The molecule has 6 nitrogen and oxygen atoms in total. The van der Waals surface area contributed by atoms with Crippen LogP contribution in [0.3, 0.4) is 0 Å². The van der Waals surface area contributed by atoms with Gasteiger partial charge in [0.1, 0.15) is 18.1 Å². The molecule has 1 aliphatic heterocycles. The first kappa shape index (κ1) is 18.4. The number of rotatable bonds is 7. The highest BCUT2D eigenvalue weighted by Gasteiger charge is 2.16. The monoisotopic (exact) mass is 334 g/mol. The van der Waals surface area contributed by atoms with Crippen molar-refractivity contribution in [2.24, 2.45) is 10.9 Å². The van der Waals surface area contributed by atoms with Gasteiger partial charge < -0.3 is 25.0 Å². The van der Waals surface area contributed by atoms with Gasteiger partial charge in [0.05, 0.1) is 13.7 Å². The molecule has 0 amide bonds. The van der Waals surface area contributed by atoms with E-state index in [1.165, 1.54) is 25.9 Å². The van der Waals surface area contributed by atoms with E-state index in [2.05, 4.69) is 27.6 Å². The van der Waals surface area contributed by atoms with Crippen LogP contribution in [-0.2, 0) is 0 Å². The van der Waals surface area contributed by atoms with Crippen LogP contribution >= 0.6 is 0 Å². The van der Waals surface area contributed by atoms with Gasteiger partial charge in [0.15, 0.2) is 5.96 Å². The molecule has 2 rings (SSSR count). The van der Waals surface area contributed by atoms with E-state index in [0.717, 1.165) is 29.9 Å². The summed E-state index contributed by atoms with van der Waals surface area (Å²) in [5, 5.41) is 6.71. The number of methoxy groups -OCH3 is 1. The van der Waals surface area contributed by atoms with Gasteiger partial charge in [0.2, 0.25) is 0 Å². The van der Waals surface area contributed by atoms with Crippen LogP contribution in [0.25, 0.3) is 0 Å². The van der Waals surface area contributed by atoms with Gasteiger partial charge in [-0.05, 0) is 63.2 Å². The van der Waals surface area contributed by atoms with E-state index in [0.29, 0.717) is 13.2 Å². The van der Waals surface area contributed by atoms with Crippen LogP contribution in [0.15, 0.2) is 29.3 Å². The fourth-order valence-electron chi connectivity index (χ4n) is 2.74. The summed E-state index contributed by atoms with van der Waals surface area (Å²) in [7, 11) is 5.64. The Morgan fingerprint density at radius 2 is 1.83 bits per heavy atom. The maximum atomic E-state index is 5.70. The Morgan fingerprint density at radius 1 is 1.17 bits per heavy atom. The zero-order valence-corrected chi connectivity index (χ0v) is 15.0. The molecule has 0 unspecified atom stereocenters. The first-order valence-electron chi connectivity index (χ1n) is 8.61. The average Bonchev–Trinajstić information content (AvgIpc) is 2.63. The molecular formula is C18H30N4O2. The fourth-order valence-corrected chi connectivity index (χ4v) is 2.74.